The minimum absolute atomic E-state index is 0. The summed E-state index contributed by atoms with van der Waals surface area (Å²) < 4.78 is 0. The number of halogens is 1. The van der Waals surface area contributed by atoms with Gasteiger partial charge in [-0.25, -0.2) is 0 Å². The Bertz CT molecular complexity index is 905. The zero-order chi connectivity index (χ0) is 22.9. The molecule has 1 amide bonds. The summed E-state index contributed by atoms with van der Waals surface area (Å²) in [5, 5.41) is 6.96. The quantitative estimate of drug-likeness (QED) is 0.259. The minimum Gasteiger partial charge on any atom is -0.369 e. The number of nitrogens with zero attached hydrogens (tertiary/aromatic N) is 2. The van der Waals surface area contributed by atoms with Gasteiger partial charge in [-0.1, -0.05) is 61.5 Å². The Labute approximate surface area is 215 Å². The van der Waals surface area contributed by atoms with Crippen molar-refractivity contribution in [3.05, 3.63) is 71.3 Å². The highest BCUT2D eigenvalue weighted by molar-refractivity contribution is 14.0. The molecule has 0 spiro atoms. The van der Waals surface area contributed by atoms with E-state index in [-0.39, 0.29) is 41.8 Å². The third-order valence-electron chi connectivity index (χ3n) is 6.43. The van der Waals surface area contributed by atoms with E-state index in [4.69, 9.17) is 5.73 Å². The Morgan fingerprint density at radius 2 is 1.88 bits per heavy atom. The number of likely N-dealkylation sites (tertiary alicyclic amines) is 1. The van der Waals surface area contributed by atoms with Crippen LogP contribution in [-0.4, -0.2) is 42.9 Å². The maximum Gasteiger partial charge on any atom is 0.221 e. The highest BCUT2D eigenvalue weighted by Crippen LogP contribution is 2.20. The van der Waals surface area contributed by atoms with Crippen molar-refractivity contribution in [1.82, 2.24) is 15.5 Å². The molecule has 7 heteroatoms. The number of nitrogens with one attached hydrogen (secondary N) is 2. The number of piperidine rings is 1. The summed E-state index contributed by atoms with van der Waals surface area (Å²) in [7, 11) is 1.80. The third kappa shape index (κ3) is 8.30. The second kappa shape index (κ2) is 13.5. The molecular formula is C26H38IN5O. The molecule has 1 heterocycles. The van der Waals surface area contributed by atoms with E-state index in [1.54, 1.807) is 7.05 Å². The first kappa shape index (κ1) is 27.1. The van der Waals surface area contributed by atoms with Gasteiger partial charge in [-0.05, 0) is 43.0 Å². The lowest BCUT2D eigenvalue weighted by molar-refractivity contribution is -0.123. The Morgan fingerprint density at radius 1 is 1.15 bits per heavy atom. The van der Waals surface area contributed by atoms with Gasteiger partial charge in [0.25, 0.3) is 0 Å². The van der Waals surface area contributed by atoms with E-state index >= 15 is 0 Å². The van der Waals surface area contributed by atoms with Crippen molar-refractivity contribution in [3.63, 3.8) is 0 Å². The van der Waals surface area contributed by atoms with Crippen LogP contribution in [0, 0.1) is 5.92 Å². The lowest BCUT2D eigenvalue weighted by Gasteiger charge is -2.31. The monoisotopic (exact) mass is 563 g/mol. The molecule has 3 atom stereocenters. The fourth-order valence-corrected chi connectivity index (χ4v) is 4.29. The van der Waals surface area contributed by atoms with Crippen LogP contribution >= 0.6 is 24.0 Å². The van der Waals surface area contributed by atoms with Crippen LogP contribution in [0.4, 0.5) is 0 Å². The summed E-state index contributed by atoms with van der Waals surface area (Å²) in [5.41, 5.74) is 9.29. The van der Waals surface area contributed by atoms with Crippen LogP contribution in [0.3, 0.4) is 0 Å². The number of hydrogen-bond donors (Lipinski definition) is 3. The summed E-state index contributed by atoms with van der Waals surface area (Å²) in [5.74, 6) is 0.962. The summed E-state index contributed by atoms with van der Waals surface area (Å²) in [4.78, 5) is 18.3. The summed E-state index contributed by atoms with van der Waals surface area (Å²) in [6, 6.07) is 19.4. The van der Waals surface area contributed by atoms with Gasteiger partial charge < -0.3 is 16.4 Å². The van der Waals surface area contributed by atoms with Crippen LogP contribution < -0.4 is 16.4 Å². The van der Waals surface area contributed by atoms with E-state index in [1.807, 2.05) is 6.07 Å². The Balaban J connectivity index is 0.00000385. The third-order valence-corrected chi connectivity index (χ3v) is 6.43. The second-order valence-electron chi connectivity index (χ2n) is 8.85. The first-order valence-electron chi connectivity index (χ1n) is 11.6. The summed E-state index contributed by atoms with van der Waals surface area (Å²) in [6.45, 7) is 7.72. The van der Waals surface area contributed by atoms with Gasteiger partial charge >= 0.3 is 0 Å². The molecule has 6 nitrogen and oxygen atoms in total. The average Bonchev–Trinajstić information content (AvgIpc) is 2.82. The molecule has 1 aliphatic rings. The minimum atomic E-state index is -0.178. The number of carbonyl (C=O) groups is 1. The molecule has 2 aromatic rings. The molecule has 1 aliphatic heterocycles. The molecule has 3 unspecified atom stereocenters. The number of amides is 1. The number of hydrogen-bond acceptors (Lipinski definition) is 3. The average molecular weight is 564 g/mol. The van der Waals surface area contributed by atoms with Crippen LogP contribution in [0.15, 0.2) is 59.6 Å². The lowest BCUT2D eigenvalue weighted by atomic mass is 9.94. The smallest absolute Gasteiger partial charge is 0.221 e. The first-order chi connectivity index (χ1) is 15.5. The fraction of sp³-hybridized carbons (Fsp3) is 0.462. The number of carbonyl (C=O) groups excluding carboxylic acids is 1. The Kier molecular flexibility index (Phi) is 11.1. The lowest BCUT2D eigenvalue weighted by Crippen LogP contribution is -2.43. The summed E-state index contributed by atoms with van der Waals surface area (Å²) >= 11 is 0. The van der Waals surface area contributed by atoms with Crippen LogP contribution in [0.1, 0.15) is 49.3 Å². The number of benzene rings is 2. The van der Waals surface area contributed by atoms with Gasteiger partial charge in [0, 0.05) is 38.6 Å². The molecule has 0 aliphatic carbocycles. The fourth-order valence-electron chi connectivity index (χ4n) is 4.29. The molecule has 1 fully saturated rings. The predicted octanol–water partition coefficient (Wildman–Crippen LogP) is 3.86. The van der Waals surface area contributed by atoms with Crippen LogP contribution in [-0.2, 0) is 17.9 Å². The van der Waals surface area contributed by atoms with E-state index in [0.717, 1.165) is 38.4 Å². The standard InChI is InChI=1S/C26H37N5O.HI/c1-19(23-11-5-4-6-12-23)20(2)30-26(28-3)29-16-21-9-7-10-22(15-21)17-31-14-8-13-24(18-31)25(27)32;/h4-7,9-12,15,19-20,24H,8,13-14,16-18H2,1-3H3,(H2,27,32)(H2,28,29,30);1H. The van der Waals surface area contributed by atoms with Crippen molar-refractivity contribution < 1.29 is 4.79 Å². The highest BCUT2D eigenvalue weighted by Gasteiger charge is 2.23. The van der Waals surface area contributed by atoms with Gasteiger partial charge in [-0.2, -0.15) is 0 Å². The van der Waals surface area contributed by atoms with Crippen LogP contribution in [0.5, 0.6) is 0 Å². The van der Waals surface area contributed by atoms with E-state index in [9.17, 15) is 4.79 Å². The molecule has 0 aromatic heterocycles. The SMILES string of the molecule is CN=C(NCc1cccc(CN2CCCC(C(N)=O)C2)c1)NC(C)C(C)c1ccccc1.I. The molecule has 33 heavy (non-hydrogen) atoms. The van der Waals surface area contributed by atoms with Crippen LogP contribution in [0.2, 0.25) is 0 Å². The highest BCUT2D eigenvalue weighted by atomic mass is 127. The molecule has 3 rings (SSSR count). The van der Waals surface area contributed by atoms with Gasteiger partial charge in [0.1, 0.15) is 0 Å². The zero-order valence-electron chi connectivity index (χ0n) is 20.0. The number of nitrogens with two attached hydrogens (primary N) is 1. The van der Waals surface area contributed by atoms with Crippen molar-refractivity contribution in [2.75, 3.05) is 20.1 Å². The predicted molar refractivity (Wildman–Crippen MR) is 147 cm³/mol. The largest absolute Gasteiger partial charge is 0.369 e. The zero-order valence-corrected chi connectivity index (χ0v) is 22.3. The second-order valence-corrected chi connectivity index (χ2v) is 8.85. The van der Waals surface area contributed by atoms with Crippen molar-refractivity contribution in [2.45, 2.75) is 51.7 Å². The van der Waals surface area contributed by atoms with Crippen molar-refractivity contribution >= 4 is 35.8 Å². The first-order valence-corrected chi connectivity index (χ1v) is 11.6. The van der Waals surface area contributed by atoms with Gasteiger partial charge in [0.15, 0.2) is 5.96 Å². The Hall–Kier alpha value is -2.13. The van der Waals surface area contributed by atoms with Gasteiger partial charge in [0.05, 0.1) is 5.92 Å². The summed E-state index contributed by atoms with van der Waals surface area (Å²) in [6.07, 6.45) is 1.93. The molecule has 0 saturated carbocycles. The number of aliphatic imine (C=N–C) groups is 1. The molecular weight excluding hydrogens is 525 g/mol. The van der Waals surface area contributed by atoms with Gasteiger partial charge in [-0.15, -0.1) is 24.0 Å². The van der Waals surface area contributed by atoms with Crippen LogP contribution in [0.25, 0.3) is 0 Å². The van der Waals surface area contributed by atoms with E-state index in [2.05, 4.69) is 82.9 Å². The molecule has 1 saturated heterocycles. The van der Waals surface area contributed by atoms with E-state index < -0.39 is 0 Å². The number of rotatable bonds is 8. The topological polar surface area (TPSA) is 82.8 Å². The Morgan fingerprint density at radius 3 is 2.58 bits per heavy atom. The number of guanidine groups is 1. The molecule has 180 valence electrons. The van der Waals surface area contributed by atoms with Gasteiger partial charge in [-0.3, -0.25) is 14.7 Å². The normalized spacial score (nSPS) is 18.6. The van der Waals surface area contributed by atoms with Crippen molar-refractivity contribution in [1.29, 1.82) is 0 Å². The van der Waals surface area contributed by atoms with Gasteiger partial charge in [0.2, 0.25) is 5.91 Å². The molecule has 0 radical (unpaired) electrons. The van der Waals surface area contributed by atoms with E-state index in [0.29, 0.717) is 12.5 Å². The molecule has 2 aromatic carbocycles. The molecule has 0 bridgehead atoms. The maximum absolute atomic E-state index is 11.6. The maximum atomic E-state index is 11.6. The van der Waals surface area contributed by atoms with Crippen molar-refractivity contribution in [2.24, 2.45) is 16.6 Å². The number of primary amides is 1. The van der Waals surface area contributed by atoms with E-state index in [1.165, 1.54) is 16.7 Å². The van der Waals surface area contributed by atoms with Crippen molar-refractivity contribution in [3.8, 4) is 0 Å². The molecule has 4 N–H and O–H groups in total.